The molecule has 3 amide bonds. The lowest BCUT2D eigenvalue weighted by Gasteiger charge is -2.27. The van der Waals surface area contributed by atoms with Crippen molar-refractivity contribution in [1.29, 1.82) is 0 Å². The highest BCUT2D eigenvalue weighted by Crippen LogP contribution is 2.33. The van der Waals surface area contributed by atoms with Crippen LogP contribution in [0, 0.1) is 0 Å². The van der Waals surface area contributed by atoms with Crippen molar-refractivity contribution in [3.63, 3.8) is 0 Å². The predicted molar refractivity (Wildman–Crippen MR) is 170 cm³/mol. The predicted octanol–water partition coefficient (Wildman–Crippen LogP) is 3.70. The van der Waals surface area contributed by atoms with Crippen LogP contribution in [0.1, 0.15) is 49.2 Å². The maximum absolute atomic E-state index is 13.6. The number of anilines is 2. The minimum Gasteiger partial charge on any atom is -0.487 e. The highest BCUT2D eigenvalue weighted by Gasteiger charge is 2.33. The summed E-state index contributed by atoms with van der Waals surface area (Å²) in [6, 6.07) is 19.1. The number of carbonyl (C=O) groups excluding carboxylic acids is 4. The average Bonchev–Trinajstić information content (AvgIpc) is 3.09. The van der Waals surface area contributed by atoms with E-state index in [1.54, 1.807) is 52.0 Å². The van der Waals surface area contributed by atoms with Gasteiger partial charge in [-0.3, -0.25) is 14.4 Å². The van der Waals surface area contributed by atoms with Crippen molar-refractivity contribution in [1.82, 2.24) is 10.0 Å². The Hall–Kier alpha value is -5.11. The molecular weight excluding hydrogens is 616 g/mol. The number of rotatable bonds is 11. The number of nitrogens with zero attached hydrogens (tertiary/aromatic N) is 1. The van der Waals surface area contributed by atoms with Gasteiger partial charge in [0.2, 0.25) is 5.91 Å². The van der Waals surface area contributed by atoms with E-state index in [0.29, 0.717) is 21.1 Å². The van der Waals surface area contributed by atoms with Crippen LogP contribution in [-0.4, -0.2) is 57.1 Å². The lowest BCUT2D eigenvalue weighted by Crippen LogP contribution is -2.47. The van der Waals surface area contributed by atoms with Crippen LogP contribution in [0.3, 0.4) is 0 Å². The SMILES string of the molecule is CCOC(=O)CN(c1ccc(CC2NC(=O)c3ccccc3NC2=O)cc1OCc1ccccc1)S(=O)(=O)NC(=O)OC(C)(C)C. The second kappa shape index (κ2) is 14.3. The molecule has 1 atom stereocenters. The minimum atomic E-state index is -4.75. The van der Waals surface area contributed by atoms with Gasteiger partial charge in [0, 0.05) is 6.42 Å². The monoisotopic (exact) mass is 652 g/mol. The lowest BCUT2D eigenvalue weighted by molar-refractivity contribution is -0.141. The van der Waals surface area contributed by atoms with Crippen LogP contribution in [0.5, 0.6) is 5.75 Å². The van der Waals surface area contributed by atoms with Crippen LogP contribution in [0.2, 0.25) is 0 Å². The quantitative estimate of drug-likeness (QED) is 0.262. The van der Waals surface area contributed by atoms with Gasteiger partial charge in [-0.25, -0.2) is 13.8 Å². The van der Waals surface area contributed by atoms with E-state index in [0.717, 1.165) is 5.56 Å². The fourth-order valence-corrected chi connectivity index (χ4v) is 5.56. The lowest BCUT2D eigenvalue weighted by atomic mass is 10.0. The number of carbonyl (C=O) groups is 4. The summed E-state index contributed by atoms with van der Waals surface area (Å²) in [4.78, 5) is 51.0. The zero-order valence-corrected chi connectivity index (χ0v) is 26.7. The third kappa shape index (κ3) is 8.97. The number of benzene rings is 3. The molecule has 4 rings (SSSR count). The van der Waals surface area contributed by atoms with Gasteiger partial charge in [0.25, 0.3) is 5.91 Å². The topological polar surface area (TPSA) is 169 Å². The van der Waals surface area contributed by atoms with Gasteiger partial charge in [0.1, 0.15) is 30.5 Å². The van der Waals surface area contributed by atoms with Gasteiger partial charge in [-0.15, -0.1) is 0 Å². The van der Waals surface area contributed by atoms with Crippen molar-refractivity contribution in [3.8, 4) is 5.75 Å². The fourth-order valence-electron chi connectivity index (χ4n) is 4.52. The molecule has 0 saturated carbocycles. The molecule has 13 nitrogen and oxygen atoms in total. The molecule has 1 aliphatic rings. The van der Waals surface area contributed by atoms with Crippen molar-refractivity contribution in [2.75, 3.05) is 22.8 Å². The molecule has 244 valence electrons. The molecular formula is C32H36N4O9S. The molecule has 1 unspecified atom stereocenters. The second-order valence-electron chi connectivity index (χ2n) is 11.3. The van der Waals surface area contributed by atoms with Gasteiger partial charge in [0.15, 0.2) is 0 Å². The highest BCUT2D eigenvalue weighted by molar-refractivity contribution is 7.91. The number of ether oxygens (including phenoxy) is 3. The second-order valence-corrected chi connectivity index (χ2v) is 12.9. The van der Waals surface area contributed by atoms with E-state index in [2.05, 4.69) is 10.6 Å². The molecule has 3 N–H and O–H groups in total. The zero-order chi connectivity index (χ0) is 33.5. The Bertz CT molecular complexity index is 1710. The van der Waals surface area contributed by atoms with E-state index >= 15 is 0 Å². The Balaban J connectivity index is 1.71. The summed E-state index contributed by atoms with van der Waals surface area (Å²) in [5.41, 5.74) is 0.874. The Morgan fingerprint density at radius 3 is 2.35 bits per heavy atom. The number of nitrogens with one attached hydrogen (secondary N) is 3. The molecule has 1 aliphatic heterocycles. The van der Waals surface area contributed by atoms with Crippen LogP contribution in [0.4, 0.5) is 16.2 Å². The van der Waals surface area contributed by atoms with Gasteiger partial charge >= 0.3 is 22.3 Å². The summed E-state index contributed by atoms with van der Waals surface area (Å²) in [5, 5.41) is 5.49. The van der Waals surface area contributed by atoms with E-state index in [4.69, 9.17) is 14.2 Å². The van der Waals surface area contributed by atoms with Crippen LogP contribution >= 0.6 is 0 Å². The van der Waals surface area contributed by atoms with Crippen molar-refractivity contribution in [2.45, 2.75) is 52.4 Å². The van der Waals surface area contributed by atoms with Crippen LogP contribution < -0.4 is 24.4 Å². The van der Waals surface area contributed by atoms with Crippen molar-refractivity contribution in [3.05, 3.63) is 89.5 Å². The van der Waals surface area contributed by atoms with Crippen molar-refractivity contribution < 1.29 is 41.8 Å². The number of hydrogen-bond donors (Lipinski definition) is 3. The van der Waals surface area contributed by atoms with Crippen LogP contribution in [0.15, 0.2) is 72.8 Å². The van der Waals surface area contributed by atoms with E-state index < -0.39 is 52.3 Å². The largest absolute Gasteiger partial charge is 0.487 e. The molecule has 0 spiro atoms. The summed E-state index contributed by atoms with van der Waals surface area (Å²) < 4.78 is 45.9. The number of esters is 1. The van der Waals surface area contributed by atoms with Gasteiger partial charge in [-0.1, -0.05) is 48.5 Å². The molecule has 0 aromatic heterocycles. The van der Waals surface area contributed by atoms with E-state index in [9.17, 15) is 27.6 Å². The highest BCUT2D eigenvalue weighted by atomic mass is 32.2. The minimum absolute atomic E-state index is 0.0123. The summed E-state index contributed by atoms with van der Waals surface area (Å²) in [5.74, 6) is -1.74. The summed E-state index contributed by atoms with van der Waals surface area (Å²) in [7, 11) is -4.75. The van der Waals surface area contributed by atoms with Gasteiger partial charge < -0.3 is 24.8 Å². The first-order valence-electron chi connectivity index (χ1n) is 14.4. The van der Waals surface area contributed by atoms with Crippen molar-refractivity contribution >= 4 is 45.5 Å². The van der Waals surface area contributed by atoms with Gasteiger partial charge in [0.05, 0.1) is 23.5 Å². The molecule has 0 aliphatic carbocycles. The first kappa shape index (κ1) is 33.8. The smallest absolute Gasteiger partial charge is 0.422 e. The first-order chi connectivity index (χ1) is 21.8. The van der Waals surface area contributed by atoms with E-state index in [1.807, 2.05) is 35.1 Å². The van der Waals surface area contributed by atoms with Gasteiger partial charge in [-0.05, 0) is 63.1 Å². The molecule has 46 heavy (non-hydrogen) atoms. The number of amides is 3. The molecule has 14 heteroatoms. The Morgan fingerprint density at radius 1 is 0.957 bits per heavy atom. The molecule has 0 radical (unpaired) electrons. The summed E-state index contributed by atoms with van der Waals surface area (Å²) in [6.45, 7) is 5.48. The summed E-state index contributed by atoms with van der Waals surface area (Å²) in [6.07, 6.45) is -1.23. The molecule has 0 saturated heterocycles. The number of hydrogen-bond acceptors (Lipinski definition) is 9. The Labute approximate surface area is 267 Å². The maximum Gasteiger partial charge on any atom is 0.422 e. The van der Waals surface area contributed by atoms with Crippen LogP contribution in [0.25, 0.3) is 0 Å². The number of para-hydroxylation sites is 1. The number of fused-ring (bicyclic) bond motifs is 1. The maximum atomic E-state index is 13.6. The standard InChI is InChI=1S/C32H36N4O9S/c1-5-43-28(37)19-36(46(41,42)35-31(40)45-32(2,3)4)26-16-15-22(18-27(26)44-20-21-11-7-6-8-12-21)17-25-30(39)33-24-14-10-9-13-23(24)29(38)34-25/h6-16,18,25H,5,17,19-20H2,1-4H3,(H,33,39)(H,34,38)(H,35,40). The van der Waals surface area contributed by atoms with Crippen molar-refractivity contribution in [2.24, 2.45) is 0 Å². The zero-order valence-electron chi connectivity index (χ0n) is 25.9. The molecule has 3 aromatic carbocycles. The average molecular weight is 653 g/mol. The Kier molecular flexibility index (Phi) is 10.5. The third-order valence-corrected chi connectivity index (χ3v) is 7.83. The molecule has 1 heterocycles. The van der Waals surface area contributed by atoms with Gasteiger partial charge in [-0.2, -0.15) is 8.42 Å². The fraction of sp³-hybridized carbons (Fsp3) is 0.312. The van der Waals surface area contributed by atoms with E-state index in [-0.39, 0.29) is 31.1 Å². The molecule has 0 fully saturated rings. The first-order valence-corrected chi connectivity index (χ1v) is 15.9. The van der Waals surface area contributed by atoms with E-state index in [1.165, 1.54) is 18.2 Å². The molecule has 0 bridgehead atoms. The summed E-state index contributed by atoms with van der Waals surface area (Å²) >= 11 is 0. The normalized spacial score (nSPS) is 14.6. The molecule has 3 aromatic rings. The third-order valence-electron chi connectivity index (χ3n) is 6.50. The Morgan fingerprint density at radius 2 is 1.65 bits per heavy atom. The van der Waals surface area contributed by atoms with Crippen LogP contribution in [-0.2, 0) is 42.3 Å².